The summed E-state index contributed by atoms with van der Waals surface area (Å²) < 4.78 is 0. The molecule has 1 saturated heterocycles. The Morgan fingerprint density at radius 2 is 2.00 bits per heavy atom. The van der Waals surface area contributed by atoms with Crippen LogP contribution in [0.2, 0.25) is 0 Å². The van der Waals surface area contributed by atoms with Gasteiger partial charge in [-0.05, 0) is 39.5 Å². The maximum absolute atomic E-state index is 11.3. The first-order chi connectivity index (χ1) is 6.85. The van der Waals surface area contributed by atoms with Crippen molar-refractivity contribution in [2.45, 2.75) is 44.7 Å². The second-order valence-corrected chi connectivity index (χ2v) is 5.74. The minimum Gasteiger partial charge on any atom is -0.465 e. The molecule has 1 atom stereocenters. The van der Waals surface area contributed by atoms with Gasteiger partial charge >= 0.3 is 6.09 Å². The lowest BCUT2D eigenvalue weighted by molar-refractivity contribution is 0.0198. The highest BCUT2D eigenvalue weighted by Crippen LogP contribution is 2.44. The maximum Gasteiger partial charge on any atom is 0.407 e. The lowest BCUT2D eigenvalue weighted by Crippen LogP contribution is -2.69. The summed E-state index contributed by atoms with van der Waals surface area (Å²) in [6.07, 6.45) is 1.56. The Labute approximate surface area is 90.6 Å². The van der Waals surface area contributed by atoms with E-state index >= 15 is 0 Å². The molecular weight excluding hydrogens is 192 g/mol. The van der Waals surface area contributed by atoms with Crippen LogP contribution in [0, 0.1) is 5.92 Å². The van der Waals surface area contributed by atoms with Gasteiger partial charge in [-0.3, -0.25) is 4.90 Å². The maximum atomic E-state index is 11.3. The van der Waals surface area contributed by atoms with Crippen molar-refractivity contribution in [2.24, 2.45) is 5.92 Å². The number of carboxylic acid groups (broad SMARTS) is 1. The molecule has 86 valence electrons. The normalized spacial score (nSPS) is 35.3. The van der Waals surface area contributed by atoms with Crippen LogP contribution in [0.3, 0.4) is 0 Å². The Hall–Kier alpha value is -0.770. The van der Waals surface area contributed by atoms with E-state index in [1.165, 1.54) is 12.8 Å². The lowest BCUT2D eigenvalue weighted by atomic mass is 9.86. The molecule has 4 heteroatoms. The molecule has 0 aromatic rings. The van der Waals surface area contributed by atoms with E-state index in [1.807, 2.05) is 0 Å². The molecule has 1 heterocycles. The Balaban J connectivity index is 2.21. The summed E-state index contributed by atoms with van der Waals surface area (Å²) in [6, 6.07) is 0. The van der Waals surface area contributed by atoms with Crippen molar-refractivity contribution in [3.05, 3.63) is 0 Å². The highest BCUT2D eigenvalue weighted by molar-refractivity contribution is 5.67. The summed E-state index contributed by atoms with van der Waals surface area (Å²) in [7, 11) is 0. The topological polar surface area (TPSA) is 52.6 Å². The van der Waals surface area contributed by atoms with E-state index in [0.717, 1.165) is 6.54 Å². The fourth-order valence-electron chi connectivity index (χ4n) is 2.50. The van der Waals surface area contributed by atoms with E-state index in [1.54, 1.807) is 4.90 Å². The third-order valence-electron chi connectivity index (χ3n) is 3.78. The summed E-state index contributed by atoms with van der Waals surface area (Å²) in [6.45, 7) is 7.53. The molecule has 2 N–H and O–H groups in total. The number of piperazine rings is 1. The molecular formula is C11H20N2O2. The van der Waals surface area contributed by atoms with Gasteiger partial charge in [-0.1, -0.05) is 0 Å². The summed E-state index contributed by atoms with van der Waals surface area (Å²) >= 11 is 0. The van der Waals surface area contributed by atoms with Crippen LogP contribution in [0.15, 0.2) is 0 Å². The fraction of sp³-hybridized carbons (Fsp3) is 0.909. The summed E-state index contributed by atoms with van der Waals surface area (Å²) in [5.41, 5.74) is -0.297. The second-order valence-electron chi connectivity index (χ2n) is 5.74. The standard InChI is InChI=1S/C11H20N2O2/c1-10(2)7-13(9(14)15)11(3,6-12-10)8-4-5-8/h8,12H,4-7H2,1-3H3,(H,14,15). The Morgan fingerprint density at radius 1 is 1.40 bits per heavy atom. The number of nitrogens with one attached hydrogen (secondary N) is 1. The molecule has 4 nitrogen and oxygen atoms in total. The van der Waals surface area contributed by atoms with Crippen LogP contribution >= 0.6 is 0 Å². The third-order valence-corrected chi connectivity index (χ3v) is 3.78. The number of rotatable bonds is 1. The van der Waals surface area contributed by atoms with Crippen LogP contribution < -0.4 is 5.32 Å². The third kappa shape index (κ3) is 1.83. The van der Waals surface area contributed by atoms with Crippen molar-refractivity contribution in [2.75, 3.05) is 13.1 Å². The van der Waals surface area contributed by atoms with Gasteiger partial charge < -0.3 is 10.4 Å². The molecule has 0 radical (unpaired) electrons. The van der Waals surface area contributed by atoms with Gasteiger partial charge in [0, 0.05) is 18.6 Å². The van der Waals surface area contributed by atoms with E-state index in [-0.39, 0.29) is 11.1 Å². The van der Waals surface area contributed by atoms with E-state index in [9.17, 15) is 9.90 Å². The molecule has 0 bridgehead atoms. The number of hydrogen-bond acceptors (Lipinski definition) is 2. The quantitative estimate of drug-likeness (QED) is 0.693. The van der Waals surface area contributed by atoms with E-state index in [4.69, 9.17) is 0 Å². The van der Waals surface area contributed by atoms with Crippen LogP contribution in [0.1, 0.15) is 33.6 Å². The predicted octanol–water partition coefficient (Wildman–Crippen LogP) is 1.52. The molecule has 15 heavy (non-hydrogen) atoms. The minimum atomic E-state index is -0.779. The molecule has 1 unspecified atom stereocenters. The van der Waals surface area contributed by atoms with E-state index < -0.39 is 6.09 Å². The van der Waals surface area contributed by atoms with Crippen LogP contribution in [0.4, 0.5) is 4.79 Å². The van der Waals surface area contributed by atoms with Crippen LogP contribution in [-0.4, -0.2) is 40.3 Å². The number of carbonyl (C=O) groups is 1. The average Bonchev–Trinajstić information content (AvgIpc) is 2.92. The van der Waals surface area contributed by atoms with Gasteiger partial charge in [-0.2, -0.15) is 0 Å². The zero-order valence-corrected chi connectivity index (χ0v) is 9.71. The lowest BCUT2D eigenvalue weighted by Gasteiger charge is -2.50. The highest BCUT2D eigenvalue weighted by atomic mass is 16.4. The predicted molar refractivity (Wildman–Crippen MR) is 57.9 cm³/mol. The smallest absolute Gasteiger partial charge is 0.407 e. The molecule has 1 amide bonds. The molecule has 1 saturated carbocycles. The Morgan fingerprint density at radius 3 is 2.47 bits per heavy atom. The molecule has 0 aromatic heterocycles. The fourth-order valence-corrected chi connectivity index (χ4v) is 2.50. The van der Waals surface area contributed by atoms with Crippen molar-refractivity contribution >= 4 is 6.09 Å². The SMILES string of the molecule is CC1(C)CN(C(=O)O)C(C)(C2CC2)CN1. The molecule has 2 fully saturated rings. The van der Waals surface area contributed by atoms with Crippen molar-refractivity contribution in [3.63, 3.8) is 0 Å². The molecule has 2 rings (SSSR count). The summed E-state index contributed by atoms with van der Waals surface area (Å²) in [4.78, 5) is 12.9. The van der Waals surface area contributed by atoms with Crippen molar-refractivity contribution in [3.8, 4) is 0 Å². The van der Waals surface area contributed by atoms with Gasteiger partial charge in [0.25, 0.3) is 0 Å². The Bertz CT molecular complexity index is 286. The first kappa shape index (κ1) is 10.7. The van der Waals surface area contributed by atoms with Crippen LogP contribution in [-0.2, 0) is 0 Å². The van der Waals surface area contributed by atoms with Crippen molar-refractivity contribution < 1.29 is 9.90 Å². The van der Waals surface area contributed by atoms with Gasteiger partial charge in [0.1, 0.15) is 0 Å². The van der Waals surface area contributed by atoms with Gasteiger partial charge in [0.15, 0.2) is 0 Å². The molecule has 2 aliphatic rings. The van der Waals surface area contributed by atoms with Crippen molar-refractivity contribution in [1.29, 1.82) is 0 Å². The first-order valence-electron chi connectivity index (χ1n) is 5.61. The van der Waals surface area contributed by atoms with Crippen LogP contribution in [0.5, 0.6) is 0 Å². The molecule has 1 aliphatic heterocycles. The molecule has 0 aromatic carbocycles. The molecule has 1 aliphatic carbocycles. The highest BCUT2D eigenvalue weighted by Gasteiger charge is 2.51. The number of amides is 1. The average molecular weight is 212 g/mol. The largest absolute Gasteiger partial charge is 0.465 e. The number of nitrogens with zero attached hydrogens (tertiary/aromatic N) is 1. The summed E-state index contributed by atoms with van der Waals surface area (Å²) in [5, 5.41) is 12.7. The van der Waals surface area contributed by atoms with Gasteiger partial charge in [-0.25, -0.2) is 4.79 Å². The van der Waals surface area contributed by atoms with Gasteiger partial charge in [-0.15, -0.1) is 0 Å². The Kier molecular flexibility index (Phi) is 2.23. The van der Waals surface area contributed by atoms with Gasteiger partial charge in [0.2, 0.25) is 0 Å². The van der Waals surface area contributed by atoms with E-state index in [0.29, 0.717) is 12.5 Å². The monoisotopic (exact) mass is 212 g/mol. The molecule has 0 spiro atoms. The zero-order chi connectivity index (χ0) is 11.3. The second kappa shape index (κ2) is 3.11. The van der Waals surface area contributed by atoms with Gasteiger partial charge in [0.05, 0.1) is 5.54 Å². The van der Waals surface area contributed by atoms with Crippen molar-refractivity contribution in [1.82, 2.24) is 10.2 Å². The zero-order valence-electron chi connectivity index (χ0n) is 9.71. The van der Waals surface area contributed by atoms with Crippen LogP contribution in [0.25, 0.3) is 0 Å². The summed E-state index contributed by atoms with van der Waals surface area (Å²) in [5.74, 6) is 0.553. The number of hydrogen-bond donors (Lipinski definition) is 2. The first-order valence-corrected chi connectivity index (χ1v) is 5.61. The van der Waals surface area contributed by atoms with E-state index in [2.05, 4.69) is 26.1 Å². The minimum absolute atomic E-state index is 0.104.